The minimum atomic E-state index is -0.308. The van der Waals surface area contributed by atoms with Crippen molar-refractivity contribution in [2.75, 3.05) is 20.1 Å². The number of benzene rings is 1. The van der Waals surface area contributed by atoms with Crippen LogP contribution in [0.1, 0.15) is 11.1 Å². The second-order valence-electron chi connectivity index (χ2n) is 3.90. The number of nitriles is 1. The second-order valence-corrected chi connectivity index (χ2v) is 3.90. The average Bonchev–Trinajstić information content (AvgIpc) is 2.74. The summed E-state index contributed by atoms with van der Waals surface area (Å²) in [7, 11) is 1.93. The summed E-state index contributed by atoms with van der Waals surface area (Å²) in [5.74, 6) is 0.463. The number of hydrogen-bond acceptors (Lipinski definition) is 4. The Bertz CT molecular complexity index is 495. The van der Waals surface area contributed by atoms with Crippen LogP contribution in [-0.2, 0) is 6.54 Å². The van der Waals surface area contributed by atoms with E-state index in [1.807, 2.05) is 18.0 Å². The van der Waals surface area contributed by atoms with Crippen molar-refractivity contribution in [1.29, 1.82) is 5.26 Å². The molecule has 0 spiro atoms. The van der Waals surface area contributed by atoms with E-state index in [1.165, 1.54) is 12.1 Å². The average molecular weight is 360 g/mol. The first-order valence-corrected chi connectivity index (χ1v) is 5.38. The van der Waals surface area contributed by atoms with Crippen LogP contribution in [0.15, 0.2) is 23.2 Å². The van der Waals surface area contributed by atoms with Gasteiger partial charge in [-0.2, -0.15) is 5.26 Å². The summed E-state index contributed by atoms with van der Waals surface area (Å²) in [6, 6.07) is 6.34. The number of aliphatic imine (C=N–C) groups is 1. The lowest BCUT2D eigenvalue weighted by Gasteiger charge is -2.15. The van der Waals surface area contributed by atoms with E-state index in [0.29, 0.717) is 17.7 Å². The summed E-state index contributed by atoms with van der Waals surface area (Å²) in [5.41, 5.74) is 0.942. The van der Waals surface area contributed by atoms with E-state index < -0.39 is 0 Å². The first kappa shape index (κ1) is 14.7. The molecule has 1 N–H and O–H groups in total. The molecule has 1 aromatic rings. The van der Waals surface area contributed by atoms with Crippen LogP contribution >= 0.6 is 24.0 Å². The fourth-order valence-corrected chi connectivity index (χ4v) is 1.68. The molecule has 0 fully saturated rings. The molecule has 0 aromatic heterocycles. The van der Waals surface area contributed by atoms with Gasteiger partial charge in [0.05, 0.1) is 18.2 Å². The number of nitrogens with zero attached hydrogens (tertiary/aromatic N) is 3. The molecule has 1 heterocycles. The first-order chi connectivity index (χ1) is 8.20. The smallest absolute Gasteiger partial charge is 0.194 e. The number of halogens is 2. The van der Waals surface area contributed by atoms with Gasteiger partial charge < -0.3 is 10.2 Å². The highest BCUT2D eigenvalue weighted by atomic mass is 127. The molecule has 0 atom stereocenters. The molecule has 96 valence electrons. The Balaban J connectivity index is 0.00000162. The minimum Gasteiger partial charge on any atom is -0.352 e. The van der Waals surface area contributed by atoms with Crippen molar-refractivity contribution in [3.63, 3.8) is 0 Å². The van der Waals surface area contributed by atoms with Crippen LogP contribution in [-0.4, -0.2) is 31.0 Å². The maximum atomic E-state index is 13.5. The fourth-order valence-electron chi connectivity index (χ4n) is 1.68. The summed E-state index contributed by atoms with van der Waals surface area (Å²) in [6.07, 6.45) is 0. The van der Waals surface area contributed by atoms with Crippen LogP contribution < -0.4 is 5.32 Å². The molecule has 4 nitrogen and oxygen atoms in total. The predicted molar refractivity (Wildman–Crippen MR) is 78.3 cm³/mol. The zero-order valence-electron chi connectivity index (χ0n) is 9.98. The third-order valence-corrected chi connectivity index (χ3v) is 2.67. The van der Waals surface area contributed by atoms with E-state index in [4.69, 9.17) is 5.26 Å². The molecule has 1 aliphatic rings. The quantitative estimate of drug-likeness (QED) is 0.817. The summed E-state index contributed by atoms with van der Waals surface area (Å²) < 4.78 is 13.5. The first-order valence-electron chi connectivity index (χ1n) is 5.38. The van der Waals surface area contributed by atoms with Gasteiger partial charge in [-0.25, -0.2) is 4.39 Å². The largest absolute Gasteiger partial charge is 0.352 e. The molecular formula is C12H14FIN4. The Morgan fingerprint density at radius 3 is 2.94 bits per heavy atom. The molecular weight excluding hydrogens is 346 g/mol. The van der Waals surface area contributed by atoms with E-state index in [9.17, 15) is 4.39 Å². The Labute approximate surface area is 123 Å². The highest BCUT2D eigenvalue weighted by molar-refractivity contribution is 14.0. The summed E-state index contributed by atoms with van der Waals surface area (Å²) in [6.45, 7) is 1.98. The molecule has 0 radical (unpaired) electrons. The van der Waals surface area contributed by atoms with Crippen molar-refractivity contribution in [3.05, 3.63) is 35.1 Å². The topological polar surface area (TPSA) is 51.4 Å². The van der Waals surface area contributed by atoms with Crippen LogP contribution in [0.4, 0.5) is 4.39 Å². The monoisotopic (exact) mass is 360 g/mol. The number of guanidine groups is 1. The van der Waals surface area contributed by atoms with Gasteiger partial charge in [-0.05, 0) is 18.2 Å². The van der Waals surface area contributed by atoms with Gasteiger partial charge in [-0.3, -0.25) is 4.99 Å². The molecule has 0 unspecified atom stereocenters. The number of likely N-dealkylation sites (N-methyl/N-ethyl adjacent to an activating group) is 1. The van der Waals surface area contributed by atoms with E-state index in [0.717, 1.165) is 19.0 Å². The summed E-state index contributed by atoms with van der Waals surface area (Å²) >= 11 is 0. The minimum absolute atomic E-state index is 0. The lowest BCUT2D eigenvalue weighted by Crippen LogP contribution is -2.35. The highest BCUT2D eigenvalue weighted by Crippen LogP contribution is 2.10. The van der Waals surface area contributed by atoms with Gasteiger partial charge in [0.1, 0.15) is 5.82 Å². The molecule has 0 bridgehead atoms. The van der Waals surface area contributed by atoms with Crippen molar-refractivity contribution in [2.45, 2.75) is 6.54 Å². The van der Waals surface area contributed by atoms with E-state index in [-0.39, 0.29) is 29.8 Å². The Morgan fingerprint density at radius 2 is 2.33 bits per heavy atom. The van der Waals surface area contributed by atoms with Crippen LogP contribution in [0.2, 0.25) is 0 Å². The number of rotatable bonds is 2. The molecule has 0 aliphatic carbocycles. The molecule has 2 rings (SSSR count). The van der Waals surface area contributed by atoms with Crippen LogP contribution in [0.25, 0.3) is 0 Å². The molecule has 18 heavy (non-hydrogen) atoms. The van der Waals surface area contributed by atoms with Gasteiger partial charge in [0, 0.05) is 25.7 Å². The number of nitrogens with one attached hydrogen (secondary N) is 1. The highest BCUT2D eigenvalue weighted by Gasteiger charge is 2.12. The van der Waals surface area contributed by atoms with Crippen LogP contribution in [0.5, 0.6) is 0 Å². The zero-order valence-corrected chi connectivity index (χ0v) is 12.3. The zero-order chi connectivity index (χ0) is 12.3. The third kappa shape index (κ3) is 3.32. The third-order valence-electron chi connectivity index (χ3n) is 2.67. The van der Waals surface area contributed by atoms with E-state index in [1.54, 1.807) is 6.07 Å². The Hall–Kier alpha value is -1.36. The second kappa shape index (κ2) is 6.54. The van der Waals surface area contributed by atoms with E-state index >= 15 is 0 Å². The van der Waals surface area contributed by atoms with Crippen molar-refractivity contribution < 1.29 is 4.39 Å². The molecule has 6 heteroatoms. The normalized spacial score (nSPS) is 13.6. The molecule has 1 aliphatic heterocycles. The Kier molecular flexibility index (Phi) is 5.34. The predicted octanol–water partition coefficient (Wildman–Crippen LogP) is 1.71. The molecule has 0 saturated heterocycles. The summed E-state index contributed by atoms with van der Waals surface area (Å²) in [5, 5.41) is 11.8. The maximum absolute atomic E-state index is 13.5. The van der Waals surface area contributed by atoms with Gasteiger partial charge in [-0.15, -0.1) is 24.0 Å². The number of hydrogen-bond donors (Lipinski definition) is 1. The van der Waals surface area contributed by atoms with Gasteiger partial charge in [0.15, 0.2) is 5.96 Å². The summed E-state index contributed by atoms with van der Waals surface area (Å²) in [4.78, 5) is 6.23. The van der Waals surface area contributed by atoms with Crippen molar-refractivity contribution >= 4 is 29.9 Å². The SMILES string of the molecule is CN1CCN=C1NCc1cc(C#N)ccc1F.I. The maximum Gasteiger partial charge on any atom is 0.194 e. The lowest BCUT2D eigenvalue weighted by atomic mass is 10.1. The lowest BCUT2D eigenvalue weighted by molar-refractivity contribution is 0.530. The van der Waals surface area contributed by atoms with E-state index in [2.05, 4.69) is 10.3 Å². The molecule has 0 amide bonds. The van der Waals surface area contributed by atoms with Gasteiger partial charge >= 0.3 is 0 Å². The van der Waals surface area contributed by atoms with Gasteiger partial charge in [-0.1, -0.05) is 0 Å². The van der Waals surface area contributed by atoms with Crippen LogP contribution in [0, 0.1) is 17.1 Å². The van der Waals surface area contributed by atoms with Crippen LogP contribution in [0.3, 0.4) is 0 Å². The standard InChI is InChI=1S/C12H13FN4.HI/c1-17-5-4-15-12(17)16-8-10-6-9(7-14)2-3-11(10)13;/h2-3,6H,4-5,8H2,1H3,(H,15,16);1H. The Morgan fingerprint density at radius 1 is 1.56 bits per heavy atom. The van der Waals surface area contributed by atoms with Gasteiger partial charge in [0.25, 0.3) is 0 Å². The van der Waals surface area contributed by atoms with Crippen molar-refractivity contribution in [3.8, 4) is 6.07 Å². The van der Waals surface area contributed by atoms with Gasteiger partial charge in [0.2, 0.25) is 0 Å². The van der Waals surface area contributed by atoms with Crippen molar-refractivity contribution in [2.24, 2.45) is 4.99 Å². The molecule has 0 saturated carbocycles. The molecule has 1 aromatic carbocycles. The van der Waals surface area contributed by atoms with Crippen molar-refractivity contribution in [1.82, 2.24) is 10.2 Å². The fraction of sp³-hybridized carbons (Fsp3) is 0.333.